The van der Waals surface area contributed by atoms with Gasteiger partial charge in [-0.05, 0) is 36.8 Å². The predicted octanol–water partition coefficient (Wildman–Crippen LogP) is 1.75. The summed E-state index contributed by atoms with van der Waals surface area (Å²) in [5.41, 5.74) is -0.341. The van der Waals surface area contributed by atoms with Crippen molar-refractivity contribution in [2.75, 3.05) is 0 Å². The molecule has 0 saturated carbocycles. The van der Waals surface area contributed by atoms with Crippen LogP contribution in [0.15, 0.2) is 24.3 Å². The number of phenolic OH excluding ortho intramolecular Hbond substituents is 5. The van der Waals surface area contributed by atoms with E-state index >= 15 is 0 Å². The van der Waals surface area contributed by atoms with Gasteiger partial charge in [0.25, 0.3) is 0 Å². The van der Waals surface area contributed by atoms with Gasteiger partial charge in [-0.3, -0.25) is 4.79 Å². The lowest BCUT2D eigenvalue weighted by molar-refractivity contribution is 0.103. The normalized spacial score (nSPS) is 10.4. The molecule has 0 atom stereocenters. The fourth-order valence-corrected chi connectivity index (χ4v) is 1.80. The Labute approximate surface area is 113 Å². The molecule has 0 spiro atoms. The van der Waals surface area contributed by atoms with Crippen molar-refractivity contribution in [3.8, 4) is 28.7 Å². The van der Waals surface area contributed by atoms with Gasteiger partial charge >= 0.3 is 0 Å². The fourth-order valence-electron chi connectivity index (χ4n) is 1.80. The van der Waals surface area contributed by atoms with Crippen molar-refractivity contribution in [1.82, 2.24) is 0 Å². The second-order valence-corrected chi connectivity index (χ2v) is 4.32. The Morgan fingerprint density at radius 3 is 2.15 bits per heavy atom. The van der Waals surface area contributed by atoms with Gasteiger partial charge in [-0.2, -0.15) is 0 Å². The maximum atomic E-state index is 12.2. The summed E-state index contributed by atoms with van der Waals surface area (Å²) in [6.07, 6.45) is 0. The molecule has 0 saturated heterocycles. The van der Waals surface area contributed by atoms with Crippen molar-refractivity contribution in [2.24, 2.45) is 0 Å². The third-order valence-electron chi connectivity index (χ3n) is 2.91. The highest BCUT2D eigenvalue weighted by Crippen LogP contribution is 2.41. The van der Waals surface area contributed by atoms with Gasteiger partial charge in [0.15, 0.2) is 11.5 Å². The zero-order valence-electron chi connectivity index (χ0n) is 10.5. The summed E-state index contributed by atoms with van der Waals surface area (Å²) in [4.78, 5) is 12.2. The van der Waals surface area contributed by atoms with Crippen molar-refractivity contribution in [2.45, 2.75) is 6.92 Å². The van der Waals surface area contributed by atoms with Gasteiger partial charge in [-0.25, -0.2) is 0 Å². The number of carbonyl (C=O) groups excluding carboxylic acids is 1. The Morgan fingerprint density at radius 1 is 0.850 bits per heavy atom. The van der Waals surface area contributed by atoms with Crippen molar-refractivity contribution in [3.05, 3.63) is 41.0 Å². The SMILES string of the molecule is Cc1cc(C(=O)c2cc(O)ccc2O)c(O)c(O)c1O. The Hall–Kier alpha value is -2.89. The Kier molecular flexibility index (Phi) is 3.15. The first-order chi connectivity index (χ1) is 9.32. The second kappa shape index (κ2) is 4.65. The van der Waals surface area contributed by atoms with Crippen LogP contribution in [0.2, 0.25) is 0 Å². The summed E-state index contributed by atoms with van der Waals surface area (Å²) >= 11 is 0. The summed E-state index contributed by atoms with van der Waals surface area (Å²) in [7, 11) is 0. The van der Waals surface area contributed by atoms with E-state index in [0.29, 0.717) is 0 Å². The molecule has 0 heterocycles. The van der Waals surface area contributed by atoms with Crippen LogP contribution in [0.25, 0.3) is 0 Å². The number of hydrogen-bond donors (Lipinski definition) is 5. The van der Waals surface area contributed by atoms with E-state index in [0.717, 1.165) is 12.1 Å². The van der Waals surface area contributed by atoms with Gasteiger partial charge in [0.2, 0.25) is 11.5 Å². The minimum absolute atomic E-state index is 0.184. The van der Waals surface area contributed by atoms with Gasteiger partial charge in [0.05, 0.1) is 11.1 Å². The van der Waals surface area contributed by atoms with Crippen molar-refractivity contribution >= 4 is 5.78 Å². The largest absolute Gasteiger partial charge is 0.508 e. The molecule has 0 radical (unpaired) electrons. The first-order valence-corrected chi connectivity index (χ1v) is 5.64. The Morgan fingerprint density at radius 2 is 1.50 bits per heavy atom. The standard InChI is InChI=1S/C14H12O6/c1-6-4-9(13(19)14(20)11(6)17)12(18)8-5-7(15)2-3-10(8)16/h2-5,15-17,19-20H,1H3. The number of carbonyl (C=O) groups is 1. The Balaban J connectivity index is 2.63. The molecule has 0 amide bonds. The number of rotatable bonds is 2. The highest BCUT2D eigenvalue weighted by Gasteiger charge is 2.22. The van der Waals surface area contributed by atoms with Gasteiger partial charge in [0.1, 0.15) is 11.5 Å². The van der Waals surface area contributed by atoms with E-state index in [4.69, 9.17) is 0 Å². The first-order valence-electron chi connectivity index (χ1n) is 5.64. The molecule has 2 rings (SSSR count). The molecule has 0 aliphatic carbocycles. The van der Waals surface area contributed by atoms with Crippen LogP contribution < -0.4 is 0 Å². The van der Waals surface area contributed by atoms with Gasteiger partial charge in [0, 0.05) is 0 Å². The fraction of sp³-hybridized carbons (Fsp3) is 0.0714. The van der Waals surface area contributed by atoms with Gasteiger partial charge in [-0.15, -0.1) is 0 Å². The molecule has 0 aromatic heterocycles. The minimum atomic E-state index is -0.812. The van der Waals surface area contributed by atoms with Gasteiger partial charge in [-0.1, -0.05) is 0 Å². The number of ketones is 1. The molecule has 0 unspecified atom stereocenters. The molecular formula is C14H12O6. The number of aromatic hydroxyl groups is 5. The van der Waals surface area contributed by atoms with Crippen LogP contribution in [0, 0.1) is 6.92 Å². The summed E-state index contributed by atoms with van der Waals surface area (Å²) in [6.45, 7) is 1.44. The van der Waals surface area contributed by atoms with Crippen molar-refractivity contribution in [1.29, 1.82) is 0 Å². The number of benzene rings is 2. The number of aryl methyl sites for hydroxylation is 1. The van der Waals surface area contributed by atoms with E-state index in [-0.39, 0.29) is 28.2 Å². The molecule has 0 bridgehead atoms. The average Bonchev–Trinajstić information content (AvgIpc) is 2.42. The number of hydrogen-bond acceptors (Lipinski definition) is 6. The molecule has 6 nitrogen and oxygen atoms in total. The van der Waals surface area contributed by atoms with Crippen LogP contribution in [-0.4, -0.2) is 31.3 Å². The average molecular weight is 276 g/mol. The highest BCUT2D eigenvalue weighted by atomic mass is 16.3. The molecule has 104 valence electrons. The highest BCUT2D eigenvalue weighted by molar-refractivity contribution is 6.13. The van der Waals surface area contributed by atoms with Crippen LogP contribution in [-0.2, 0) is 0 Å². The van der Waals surface area contributed by atoms with E-state index in [1.165, 1.54) is 19.1 Å². The maximum Gasteiger partial charge on any atom is 0.201 e. The molecule has 2 aromatic rings. The topological polar surface area (TPSA) is 118 Å². The second-order valence-electron chi connectivity index (χ2n) is 4.32. The molecule has 0 fully saturated rings. The third-order valence-corrected chi connectivity index (χ3v) is 2.91. The smallest absolute Gasteiger partial charge is 0.201 e. The van der Waals surface area contributed by atoms with Crippen LogP contribution in [0.4, 0.5) is 0 Å². The summed E-state index contributed by atoms with van der Waals surface area (Å²) in [5, 5.41) is 47.7. The quantitative estimate of drug-likeness (QED) is 0.324. The summed E-state index contributed by atoms with van der Waals surface area (Å²) < 4.78 is 0. The maximum absolute atomic E-state index is 12.2. The molecule has 0 aliphatic rings. The van der Waals surface area contributed by atoms with Crippen LogP contribution >= 0.6 is 0 Å². The van der Waals surface area contributed by atoms with E-state index < -0.39 is 23.0 Å². The molecular weight excluding hydrogens is 264 g/mol. The number of phenols is 5. The van der Waals surface area contributed by atoms with Crippen LogP contribution in [0.5, 0.6) is 28.7 Å². The van der Waals surface area contributed by atoms with E-state index in [1.807, 2.05) is 0 Å². The molecule has 5 N–H and O–H groups in total. The predicted molar refractivity (Wildman–Crippen MR) is 69.4 cm³/mol. The molecule has 2 aromatic carbocycles. The van der Waals surface area contributed by atoms with Gasteiger partial charge < -0.3 is 25.5 Å². The Bertz CT molecular complexity index is 705. The van der Waals surface area contributed by atoms with E-state index in [1.54, 1.807) is 0 Å². The lowest BCUT2D eigenvalue weighted by Gasteiger charge is -2.10. The first kappa shape index (κ1) is 13.5. The molecule has 0 aliphatic heterocycles. The lowest BCUT2D eigenvalue weighted by Crippen LogP contribution is -2.03. The van der Waals surface area contributed by atoms with E-state index in [9.17, 15) is 30.3 Å². The monoisotopic (exact) mass is 276 g/mol. The van der Waals surface area contributed by atoms with Crippen molar-refractivity contribution in [3.63, 3.8) is 0 Å². The summed E-state index contributed by atoms with van der Waals surface area (Å²) in [6, 6.07) is 4.55. The zero-order valence-corrected chi connectivity index (χ0v) is 10.5. The minimum Gasteiger partial charge on any atom is -0.508 e. The molecule has 6 heteroatoms. The zero-order chi connectivity index (χ0) is 15.0. The van der Waals surface area contributed by atoms with E-state index in [2.05, 4.69) is 0 Å². The molecule has 20 heavy (non-hydrogen) atoms. The lowest BCUT2D eigenvalue weighted by atomic mass is 9.98. The van der Waals surface area contributed by atoms with Crippen LogP contribution in [0.1, 0.15) is 21.5 Å². The van der Waals surface area contributed by atoms with Crippen LogP contribution in [0.3, 0.4) is 0 Å². The van der Waals surface area contributed by atoms with Crippen molar-refractivity contribution < 1.29 is 30.3 Å². The third kappa shape index (κ3) is 2.07. The summed E-state index contributed by atoms with van der Waals surface area (Å²) in [5.74, 6) is -3.54.